The number of pyridine rings is 2. The van der Waals surface area contributed by atoms with Gasteiger partial charge in [-0.05, 0) is 48.5 Å². The van der Waals surface area contributed by atoms with E-state index in [0.29, 0.717) is 0 Å². The van der Waals surface area contributed by atoms with Crippen molar-refractivity contribution in [1.29, 1.82) is 0 Å². The van der Waals surface area contributed by atoms with E-state index in [1.165, 1.54) is 0 Å². The van der Waals surface area contributed by atoms with Crippen LogP contribution >= 0.6 is 0 Å². The van der Waals surface area contributed by atoms with Gasteiger partial charge in [-0.15, -0.1) is 0 Å². The van der Waals surface area contributed by atoms with Crippen LogP contribution < -0.4 is 0 Å². The molecule has 57 heavy (non-hydrogen) atoms. The number of nitrogens with zero attached hydrogens (tertiary/aromatic N) is 8. The van der Waals surface area contributed by atoms with Crippen LogP contribution in [0.15, 0.2) is 147 Å². The molecule has 0 N–H and O–H groups in total. The summed E-state index contributed by atoms with van der Waals surface area (Å²) in [7, 11) is 0. The van der Waals surface area contributed by atoms with Crippen molar-refractivity contribution in [2.75, 3.05) is 0 Å². The van der Waals surface area contributed by atoms with Crippen molar-refractivity contribution in [3.63, 3.8) is 0 Å². The van der Waals surface area contributed by atoms with E-state index in [0.717, 1.165) is 43.7 Å². The minimum absolute atomic E-state index is 0. The minimum Gasteiger partial charge on any atom is -0.253 e. The molecule has 0 amide bonds. The highest BCUT2D eigenvalue weighted by Gasteiger charge is 1.90. The lowest BCUT2D eigenvalue weighted by molar-refractivity contribution is 1.05. The van der Waals surface area contributed by atoms with Crippen LogP contribution in [0.5, 0.6) is 0 Å². The Bertz CT molecular complexity index is 1400. The summed E-state index contributed by atoms with van der Waals surface area (Å²) in [6.07, 6.45) is 12.1. The quantitative estimate of drug-likeness (QED) is 0.150. The van der Waals surface area contributed by atoms with Gasteiger partial charge in [0.25, 0.3) is 0 Å². The van der Waals surface area contributed by atoms with Crippen molar-refractivity contribution in [3.8, 4) is 0 Å². The molecule has 0 saturated carbocycles. The van der Waals surface area contributed by atoms with E-state index >= 15 is 0 Å². The second kappa shape index (κ2) is 48.3. The predicted octanol–water partition coefficient (Wildman–Crippen LogP) is 15.4. The smallest absolute Gasteiger partial charge is 0.159 e. The highest BCUT2D eigenvalue weighted by molar-refractivity contribution is 5.80. The van der Waals surface area contributed by atoms with Gasteiger partial charge in [0.2, 0.25) is 0 Å². The Kier molecular flexibility index (Phi) is 51.2. The van der Waals surface area contributed by atoms with E-state index in [9.17, 15) is 0 Å². The first-order valence-corrected chi connectivity index (χ1v) is 20.5. The van der Waals surface area contributed by atoms with Crippen LogP contribution in [0.2, 0.25) is 0 Å². The third kappa shape index (κ3) is 26.6. The van der Waals surface area contributed by atoms with Crippen molar-refractivity contribution in [2.45, 2.75) is 118 Å². The summed E-state index contributed by atoms with van der Waals surface area (Å²) in [4.78, 5) is 16.4. The SMILES string of the molecule is C.CC.CC.CC.CC.CC.CC.CC.CC.c1ccc2cnncc2c1.c1ccc2nccnc2c1.c1ccc2nnccc2c1.c1cnc2ncccc2c1. The monoisotopic (exact) mass is 777 g/mol. The van der Waals surface area contributed by atoms with Crippen LogP contribution in [0.1, 0.15) is 118 Å². The standard InChI is InChI=1S/4C8H6N2.8C2H6.CH4/c1-3-7-4-2-6-10-8(7)9-5-1;1-2-4-8-6-10-9-5-7(8)3-1;1-2-4-8-7(3-1)9-5-6-10-8;1-2-4-8-7(3-1)5-6-9-10-8;8*1-2;/h4*1-6H;8*1-2H3;1H4. The molecule has 3 aromatic carbocycles. The first-order valence-electron chi connectivity index (χ1n) is 20.5. The highest BCUT2D eigenvalue weighted by atomic mass is 15.1. The van der Waals surface area contributed by atoms with Crippen LogP contribution in [-0.2, 0) is 0 Å². The summed E-state index contributed by atoms with van der Waals surface area (Å²) in [5.41, 5.74) is 3.66. The fourth-order valence-electron chi connectivity index (χ4n) is 3.68. The minimum atomic E-state index is 0. The summed E-state index contributed by atoms with van der Waals surface area (Å²) >= 11 is 0. The molecule has 8 nitrogen and oxygen atoms in total. The summed E-state index contributed by atoms with van der Waals surface area (Å²) in [5, 5.41) is 19.7. The molecule has 0 aliphatic heterocycles. The van der Waals surface area contributed by atoms with Gasteiger partial charge in [0.1, 0.15) is 0 Å². The number of aromatic nitrogens is 8. The number of benzene rings is 3. The normalized spacial score (nSPS) is 7.86. The zero-order chi connectivity index (χ0) is 43.2. The fraction of sp³-hybridized carbons (Fsp3) is 0.347. The largest absolute Gasteiger partial charge is 0.253 e. The van der Waals surface area contributed by atoms with Crippen molar-refractivity contribution in [1.82, 2.24) is 40.3 Å². The Morgan fingerprint density at radius 1 is 0.281 bits per heavy atom. The van der Waals surface area contributed by atoms with Gasteiger partial charge in [-0.1, -0.05) is 173 Å². The molecule has 8 heteroatoms. The van der Waals surface area contributed by atoms with E-state index in [4.69, 9.17) is 0 Å². The molecule has 8 rings (SSSR count). The Morgan fingerprint density at radius 3 is 1.02 bits per heavy atom. The highest BCUT2D eigenvalue weighted by Crippen LogP contribution is 2.09. The number of para-hydroxylation sites is 2. The molecule has 5 heterocycles. The molecule has 0 radical (unpaired) electrons. The van der Waals surface area contributed by atoms with E-state index in [1.807, 2.05) is 214 Å². The van der Waals surface area contributed by atoms with Crippen molar-refractivity contribution >= 4 is 43.7 Å². The van der Waals surface area contributed by atoms with Crippen LogP contribution in [-0.4, -0.2) is 40.3 Å². The first-order chi connectivity index (χ1) is 27.9. The van der Waals surface area contributed by atoms with Crippen LogP contribution in [0, 0.1) is 0 Å². The molecule has 0 saturated heterocycles. The van der Waals surface area contributed by atoms with Crippen molar-refractivity contribution < 1.29 is 0 Å². The maximum atomic E-state index is 4.12. The van der Waals surface area contributed by atoms with Gasteiger partial charge in [0, 0.05) is 46.3 Å². The van der Waals surface area contributed by atoms with Crippen LogP contribution in [0.4, 0.5) is 0 Å². The maximum Gasteiger partial charge on any atom is 0.159 e. The molecule has 0 aliphatic carbocycles. The van der Waals surface area contributed by atoms with Gasteiger partial charge < -0.3 is 0 Å². The molecule has 0 aliphatic rings. The Labute approximate surface area is 347 Å². The van der Waals surface area contributed by atoms with Crippen molar-refractivity contribution in [3.05, 3.63) is 147 Å². The molecular formula is C49H76N8. The van der Waals surface area contributed by atoms with Gasteiger partial charge in [-0.25, -0.2) is 9.97 Å². The lowest BCUT2D eigenvalue weighted by Crippen LogP contribution is -1.79. The van der Waals surface area contributed by atoms with Gasteiger partial charge >= 0.3 is 0 Å². The van der Waals surface area contributed by atoms with Crippen LogP contribution in [0.3, 0.4) is 0 Å². The summed E-state index contributed by atoms with van der Waals surface area (Å²) in [5.74, 6) is 0. The van der Waals surface area contributed by atoms with Gasteiger partial charge in [0.05, 0.1) is 35.1 Å². The average Bonchev–Trinajstić information content (AvgIpc) is 3.35. The summed E-state index contributed by atoms with van der Waals surface area (Å²) < 4.78 is 0. The molecule has 5 aromatic heterocycles. The topological polar surface area (TPSA) is 103 Å². The number of fused-ring (bicyclic) bond motifs is 4. The van der Waals surface area contributed by atoms with Crippen molar-refractivity contribution in [2.24, 2.45) is 0 Å². The Morgan fingerprint density at radius 2 is 0.632 bits per heavy atom. The first kappa shape index (κ1) is 60.5. The van der Waals surface area contributed by atoms with E-state index in [1.54, 1.807) is 43.4 Å². The lowest BCUT2D eigenvalue weighted by atomic mass is 10.2. The predicted molar refractivity (Wildman–Crippen MR) is 256 cm³/mol. The average molecular weight is 777 g/mol. The molecule has 0 fully saturated rings. The Hall–Kier alpha value is -5.76. The molecule has 312 valence electrons. The molecule has 0 spiro atoms. The number of rotatable bonds is 0. The van der Waals surface area contributed by atoms with Crippen LogP contribution in [0.25, 0.3) is 43.7 Å². The van der Waals surface area contributed by atoms with E-state index in [-0.39, 0.29) is 7.43 Å². The molecule has 0 unspecified atom stereocenters. The number of hydrogen-bond acceptors (Lipinski definition) is 8. The van der Waals surface area contributed by atoms with E-state index in [2.05, 4.69) is 40.3 Å². The second-order valence-corrected chi connectivity index (χ2v) is 8.31. The van der Waals surface area contributed by atoms with Gasteiger partial charge in [-0.2, -0.15) is 20.4 Å². The van der Waals surface area contributed by atoms with E-state index < -0.39 is 0 Å². The zero-order valence-electron chi connectivity index (χ0n) is 37.4. The summed E-state index contributed by atoms with van der Waals surface area (Å²) in [6, 6.07) is 33.5. The summed E-state index contributed by atoms with van der Waals surface area (Å²) in [6.45, 7) is 32.0. The zero-order valence-corrected chi connectivity index (χ0v) is 37.4. The third-order valence-corrected chi connectivity index (χ3v) is 5.63. The lowest BCUT2D eigenvalue weighted by Gasteiger charge is -1.90. The van der Waals surface area contributed by atoms with Gasteiger partial charge in [0.15, 0.2) is 5.65 Å². The number of hydrogen-bond donors (Lipinski definition) is 0. The van der Waals surface area contributed by atoms with Gasteiger partial charge in [-0.3, -0.25) is 9.97 Å². The molecule has 0 bridgehead atoms. The molecule has 8 aromatic rings. The Balaban J connectivity index is -0.000000187. The third-order valence-electron chi connectivity index (χ3n) is 5.63. The fourth-order valence-corrected chi connectivity index (χ4v) is 3.68. The second-order valence-electron chi connectivity index (χ2n) is 8.31. The molecule has 0 atom stereocenters. The molecular weight excluding hydrogens is 701 g/mol. The maximum absolute atomic E-state index is 4.12.